The van der Waals surface area contributed by atoms with Crippen molar-refractivity contribution in [3.8, 4) is 11.1 Å². The molecule has 0 amide bonds. The highest BCUT2D eigenvalue weighted by Crippen LogP contribution is 2.28. The average Bonchev–Trinajstić information content (AvgIpc) is 2.72. The Kier molecular flexibility index (Phi) is 6.61. The van der Waals surface area contributed by atoms with Crippen LogP contribution in [0.3, 0.4) is 0 Å². The van der Waals surface area contributed by atoms with Gasteiger partial charge < -0.3 is 4.90 Å². The fourth-order valence-corrected chi connectivity index (χ4v) is 5.02. The minimum Gasteiger partial charge on any atom is -0.378 e. The number of sulfone groups is 1. The Morgan fingerprint density at radius 2 is 1.67 bits per heavy atom. The van der Waals surface area contributed by atoms with E-state index in [1.807, 2.05) is 32.0 Å². The Bertz CT molecular complexity index is 1120. The Balaban J connectivity index is 1.75. The van der Waals surface area contributed by atoms with Gasteiger partial charge in [-0.05, 0) is 77.9 Å². The second kappa shape index (κ2) is 9.00. The first kappa shape index (κ1) is 22.0. The number of hydrogen-bond acceptors (Lipinski definition) is 3. The maximum Gasteiger partial charge on any atom is 0.178 e. The molecule has 30 heavy (non-hydrogen) atoms. The minimum atomic E-state index is -3.42. The summed E-state index contributed by atoms with van der Waals surface area (Å²) in [4.78, 5) is 2.34. The molecule has 0 heterocycles. The van der Waals surface area contributed by atoms with Gasteiger partial charge in [-0.15, -0.1) is 0 Å². The van der Waals surface area contributed by atoms with Crippen molar-refractivity contribution < 1.29 is 12.8 Å². The van der Waals surface area contributed by atoms with E-state index in [1.54, 1.807) is 24.3 Å². The van der Waals surface area contributed by atoms with Gasteiger partial charge in [0.05, 0.1) is 10.6 Å². The summed E-state index contributed by atoms with van der Waals surface area (Å²) in [5.41, 5.74) is 4.64. The van der Waals surface area contributed by atoms with Crippen molar-refractivity contribution in [2.45, 2.75) is 31.1 Å². The monoisotopic (exact) mass is 425 g/mol. The standard InChI is InChI=1S/C25H28FNO2S/c1-18(20-8-11-23(12-9-20)27(3)4)14-15-30(28,29)24-7-5-6-21(17-24)25-13-10-22(26)16-19(25)2/h5-13,16-18H,14-15H2,1-4H3. The van der Waals surface area contributed by atoms with Crippen LogP contribution in [0.2, 0.25) is 0 Å². The molecule has 0 radical (unpaired) electrons. The molecular weight excluding hydrogens is 397 g/mol. The molecule has 3 aromatic rings. The summed E-state index contributed by atoms with van der Waals surface area (Å²) < 4.78 is 39.3. The van der Waals surface area contributed by atoms with Crippen molar-refractivity contribution in [3.05, 3.63) is 83.7 Å². The van der Waals surface area contributed by atoms with E-state index in [0.717, 1.165) is 27.9 Å². The highest BCUT2D eigenvalue weighted by Gasteiger charge is 2.18. The fraction of sp³-hybridized carbons (Fsp3) is 0.280. The summed E-state index contributed by atoms with van der Waals surface area (Å²) in [5, 5.41) is 0. The topological polar surface area (TPSA) is 37.4 Å². The van der Waals surface area contributed by atoms with Crippen LogP contribution in [0.15, 0.2) is 71.6 Å². The van der Waals surface area contributed by atoms with Crippen LogP contribution in [0.1, 0.15) is 30.4 Å². The van der Waals surface area contributed by atoms with Crippen LogP contribution in [0.4, 0.5) is 10.1 Å². The summed E-state index contributed by atoms with van der Waals surface area (Å²) >= 11 is 0. The molecule has 3 nitrogen and oxygen atoms in total. The lowest BCUT2D eigenvalue weighted by molar-refractivity contribution is 0.588. The molecule has 3 rings (SSSR count). The minimum absolute atomic E-state index is 0.0788. The normalized spacial score (nSPS) is 12.6. The summed E-state index contributed by atoms with van der Waals surface area (Å²) in [6.45, 7) is 3.88. The fourth-order valence-electron chi connectivity index (χ4n) is 3.53. The smallest absolute Gasteiger partial charge is 0.178 e. The van der Waals surface area contributed by atoms with E-state index in [1.165, 1.54) is 12.1 Å². The van der Waals surface area contributed by atoms with Gasteiger partial charge in [0.2, 0.25) is 0 Å². The number of aryl methyl sites for hydroxylation is 1. The summed E-state index contributed by atoms with van der Waals surface area (Å²) in [6.07, 6.45) is 0.545. The van der Waals surface area contributed by atoms with Crippen LogP contribution >= 0.6 is 0 Å². The number of rotatable bonds is 7. The molecular formula is C25H28FNO2S. The van der Waals surface area contributed by atoms with Crippen molar-refractivity contribution in [1.29, 1.82) is 0 Å². The van der Waals surface area contributed by atoms with Gasteiger partial charge in [0.1, 0.15) is 5.82 Å². The molecule has 0 aliphatic rings. The second-order valence-corrected chi connectivity index (χ2v) is 10.1. The molecule has 0 spiro atoms. The molecule has 0 saturated carbocycles. The number of anilines is 1. The van der Waals surface area contributed by atoms with E-state index in [0.29, 0.717) is 11.3 Å². The van der Waals surface area contributed by atoms with Crippen LogP contribution in [-0.2, 0) is 9.84 Å². The molecule has 0 fully saturated rings. The van der Waals surface area contributed by atoms with Gasteiger partial charge in [0.25, 0.3) is 0 Å². The maximum atomic E-state index is 13.4. The third-order valence-electron chi connectivity index (χ3n) is 5.49. The predicted molar refractivity (Wildman–Crippen MR) is 122 cm³/mol. The van der Waals surface area contributed by atoms with E-state index in [2.05, 4.69) is 31.2 Å². The highest BCUT2D eigenvalue weighted by atomic mass is 32.2. The molecule has 0 saturated heterocycles. The third-order valence-corrected chi connectivity index (χ3v) is 7.24. The summed E-state index contributed by atoms with van der Waals surface area (Å²) in [6, 6.07) is 19.7. The van der Waals surface area contributed by atoms with Gasteiger partial charge in [0.15, 0.2) is 9.84 Å². The number of nitrogens with zero attached hydrogens (tertiary/aromatic N) is 1. The van der Waals surface area contributed by atoms with E-state index in [-0.39, 0.29) is 17.5 Å². The largest absolute Gasteiger partial charge is 0.378 e. The zero-order chi connectivity index (χ0) is 21.9. The zero-order valence-corrected chi connectivity index (χ0v) is 18.7. The van der Waals surface area contributed by atoms with Crippen molar-refractivity contribution in [2.75, 3.05) is 24.7 Å². The number of benzene rings is 3. The number of hydrogen-bond donors (Lipinski definition) is 0. The van der Waals surface area contributed by atoms with Gasteiger partial charge in [-0.3, -0.25) is 0 Å². The lowest BCUT2D eigenvalue weighted by atomic mass is 9.98. The van der Waals surface area contributed by atoms with Crippen molar-refractivity contribution in [3.63, 3.8) is 0 Å². The van der Waals surface area contributed by atoms with Crippen LogP contribution in [0.25, 0.3) is 11.1 Å². The molecule has 0 aromatic heterocycles. The second-order valence-electron chi connectivity index (χ2n) is 7.98. The molecule has 5 heteroatoms. The molecule has 1 unspecified atom stereocenters. The van der Waals surface area contributed by atoms with Crippen LogP contribution in [-0.4, -0.2) is 28.3 Å². The molecule has 0 aliphatic heterocycles. The van der Waals surface area contributed by atoms with E-state index < -0.39 is 9.84 Å². The zero-order valence-electron chi connectivity index (χ0n) is 17.9. The first-order valence-corrected chi connectivity index (χ1v) is 11.7. The number of halogens is 1. The van der Waals surface area contributed by atoms with Crippen molar-refractivity contribution >= 4 is 15.5 Å². The Labute approximate surface area is 179 Å². The summed E-state index contributed by atoms with van der Waals surface area (Å²) in [5.74, 6) is -0.0822. The SMILES string of the molecule is Cc1cc(F)ccc1-c1cccc(S(=O)(=O)CCC(C)c2ccc(N(C)C)cc2)c1. The van der Waals surface area contributed by atoms with E-state index >= 15 is 0 Å². The van der Waals surface area contributed by atoms with E-state index in [4.69, 9.17) is 0 Å². The van der Waals surface area contributed by atoms with Crippen LogP contribution in [0.5, 0.6) is 0 Å². The van der Waals surface area contributed by atoms with Gasteiger partial charge in [0, 0.05) is 19.8 Å². The molecule has 158 valence electrons. The Morgan fingerprint density at radius 3 is 2.30 bits per heavy atom. The lowest BCUT2D eigenvalue weighted by Crippen LogP contribution is -2.11. The van der Waals surface area contributed by atoms with Gasteiger partial charge in [-0.1, -0.05) is 37.3 Å². The van der Waals surface area contributed by atoms with Gasteiger partial charge >= 0.3 is 0 Å². The Hall–Kier alpha value is -2.66. The molecule has 3 aromatic carbocycles. The molecule has 0 bridgehead atoms. The van der Waals surface area contributed by atoms with Gasteiger partial charge in [-0.25, -0.2) is 12.8 Å². The predicted octanol–water partition coefficient (Wildman–Crippen LogP) is 5.83. The Morgan fingerprint density at radius 1 is 0.967 bits per heavy atom. The lowest BCUT2D eigenvalue weighted by Gasteiger charge is -2.16. The van der Waals surface area contributed by atoms with Crippen molar-refractivity contribution in [2.24, 2.45) is 0 Å². The van der Waals surface area contributed by atoms with Crippen LogP contribution in [0, 0.1) is 12.7 Å². The third kappa shape index (κ3) is 5.08. The quantitative estimate of drug-likeness (QED) is 0.478. The van der Waals surface area contributed by atoms with Gasteiger partial charge in [-0.2, -0.15) is 0 Å². The first-order valence-electron chi connectivity index (χ1n) is 10.0. The maximum absolute atomic E-state index is 13.4. The summed E-state index contributed by atoms with van der Waals surface area (Å²) in [7, 11) is 0.566. The molecule has 0 aliphatic carbocycles. The van der Waals surface area contributed by atoms with E-state index in [9.17, 15) is 12.8 Å². The highest BCUT2D eigenvalue weighted by molar-refractivity contribution is 7.91. The molecule has 1 atom stereocenters. The first-order chi connectivity index (χ1) is 14.2. The van der Waals surface area contributed by atoms with Crippen LogP contribution < -0.4 is 4.90 Å². The molecule has 0 N–H and O–H groups in total. The van der Waals surface area contributed by atoms with Crippen molar-refractivity contribution in [1.82, 2.24) is 0 Å². The average molecular weight is 426 g/mol.